The van der Waals surface area contributed by atoms with E-state index >= 15 is 0 Å². The van der Waals surface area contributed by atoms with Crippen LogP contribution in [0.25, 0.3) is 0 Å². The highest BCUT2D eigenvalue weighted by Gasteiger charge is 2.51. The van der Waals surface area contributed by atoms with Crippen LogP contribution in [-0.4, -0.2) is 65.1 Å². The molecule has 0 unspecified atom stereocenters. The summed E-state index contributed by atoms with van der Waals surface area (Å²) >= 11 is 5.27. The van der Waals surface area contributed by atoms with Crippen LogP contribution >= 0.6 is 12.2 Å². The molecule has 2 aromatic rings. The molecular formula is C25H27F3N6O2S. The molecule has 0 aromatic carbocycles. The third-order valence-electron chi connectivity index (χ3n) is 7.07. The molecule has 0 atom stereocenters. The number of ether oxygens (including phenoxy) is 1. The quantitative estimate of drug-likeness (QED) is 0.491. The van der Waals surface area contributed by atoms with Gasteiger partial charge in [0, 0.05) is 26.2 Å². The summed E-state index contributed by atoms with van der Waals surface area (Å²) in [5.74, 6) is 0.0585. The smallest absolute Gasteiger partial charge is 0.419 e. The summed E-state index contributed by atoms with van der Waals surface area (Å²) in [6, 6.07) is 5.73. The Morgan fingerprint density at radius 3 is 2.43 bits per heavy atom. The monoisotopic (exact) mass is 532 g/mol. The van der Waals surface area contributed by atoms with Gasteiger partial charge in [0.1, 0.15) is 17.7 Å². The third-order valence-corrected chi connectivity index (χ3v) is 7.28. The highest BCUT2D eigenvalue weighted by atomic mass is 32.1. The molecule has 2 aromatic heterocycles. The molecule has 37 heavy (non-hydrogen) atoms. The van der Waals surface area contributed by atoms with Crippen molar-refractivity contribution in [2.45, 2.75) is 49.9 Å². The van der Waals surface area contributed by atoms with Crippen molar-refractivity contribution in [1.82, 2.24) is 14.9 Å². The average Bonchev–Trinajstić information content (AvgIpc) is 2.86. The largest absolute Gasteiger partial charge is 0.474 e. The number of hydrogen-bond acceptors (Lipinski definition) is 7. The van der Waals surface area contributed by atoms with Crippen molar-refractivity contribution in [3.05, 3.63) is 41.9 Å². The van der Waals surface area contributed by atoms with Crippen LogP contribution in [0.4, 0.5) is 24.5 Å². The van der Waals surface area contributed by atoms with E-state index < -0.39 is 28.9 Å². The van der Waals surface area contributed by atoms with Gasteiger partial charge in [-0.05, 0) is 51.3 Å². The fourth-order valence-corrected chi connectivity index (χ4v) is 5.03. The van der Waals surface area contributed by atoms with Crippen molar-refractivity contribution in [2.24, 2.45) is 0 Å². The molecule has 1 amide bonds. The lowest BCUT2D eigenvalue weighted by atomic mass is 9.74. The van der Waals surface area contributed by atoms with Crippen LogP contribution in [0.1, 0.15) is 43.4 Å². The topological polar surface area (TPSA) is 85.6 Å². The number of likely N-dealkylation sites (N-methyl/N-ethyl adjacent to an activating group) is 1. The molecule has 1 aliphatic carbocycles. The number of carbonyl (C=O) groups is 1. The van der Waals surface area contributed by atoms with E-state index in [2.05, 4.69) is 21.9 Å². The molecule has 4 rings (SSSR count). The Hall–Kier alpha value is -3.30. The number of likely N-dealkylation sites (tertiary alicyclic amines) is 1. The fourth-order valence-electron chi connectivity index (χ4n) is 4.71. The molecule has 0 radical (unpaired) electrons. The molecule has 2 fully saturated rings. The van der Waals surface area contributed by atoms with Crippen molar-refractivity contribution >= 4 is 35.0 Å². The van der Waals surface area contributed by atoms with Crippen LogP contribution in [0.3, 0.4) is 0 Å². The van der Waals surface area contributed by atoms with E-state index in [-0.39, 0.29) is 11.8 Å². The van der Waals surface area contributed by atoms with Crippen LogP contribution in [0.15, 0.2) is 30.6 Å². The van der Waals surface area contributed by atoms with Gasteiger partial charge in [0.05, 0.1) is 34.8 Å². The summed E-state index contributed by atoms with van der Waals surface area (Å²) in [5.41, 5.74) is -1.11. The summed E-state index contributed by atoms with van der Waals surface area (Å²) in [6.45, 7) is 1.91. The summed E-state index contributed by atoms with van der Waals surface area (Å²) in [7, 11) is 3.47. The molecule has 1 aliphatic heterocycles. The Morgan fingerprint density at radius 2 is 1.92 bits per heavy atom. The first-order chi connectivity index (χ1) is 17.6. The van der Waals surface area contributed by atoms with Gasteiger partial charge in [-0.15, -0.1) is 0 Å². The second-order valence-corrected chi connectivity index (χ2v) is 9.61. The number of carbonyl (C=O) groups excluding carboxylic acids is 1. The Morgan fingerprint density at radius 1 is 1.24 bits per heavy atom. The number of anilines is 2. The number of rotatable bonds is 7. The van der Waals surface area contributed by atoms with Gasteiger partial charge in [-0.25, -0.2) is 9.97 Å². The second-order valence-electron chi connectivity index (χ2n) is 9.40. The molecule has 196 valence electrons. The number of aromatic nitrogens is 2. The van der Waals surface area contributed by atoms with Gasteiger partial charge in [-0.3, -0.25) is 4.79 Å². The zero-order valence-corrected chi connectivity index (χ0v) is 21.3. The number of pyridine rings is 2. The number of thiocarbonyl (C=S) groups is 1. The minimum Gasteiger partial charge on any atom is -0.474 e. The average molecular weight is 533 g/mol. The Balaban J connectivity index is 1.55. The van der Waals surface area contributed by atoms with Gasteiger partial charge in [0.2, 0.25) is 5.88 Å². The molecule has 2 aliphatic rings. The molecule has 1 saturated heterocycles. The zero-order chi connectivity index (χ0) is 26.8. The summed E-state index contributed by atoms with van der Waals surface area (Å²) in [6.07, 6.45) is 1.50. The molecule has 12 heteroatoms. The first kappa shape index (κ1) is 26.8. The highest BCUT2D eigenvalue weighted by molar-refractivity contribution is 7.79. The van der Waals surface area contributed by atoms with Crippen LogP contribution in [0.5, 0.6) is 5.88 Å². The normalized spacial score (nSPS) is 17.8. The minimum atomic E-state index is -4.78. The molecule has 3 heterocycles. The van der Waals surface area contributed by atoms with Crippen LogP contribution < -0.4 is 14.5 Å². The van der Waals surface area contributed by atoms with E-state index in [9.17, 15) is 18.0 Å². The molecule has 8 nitrogen and oxygen atoms in total. The molecule has 0 bridgehead atoms. The van der Waals surface area contributed by atoms with Crippen LogP contribution in [0.2, 0.25) is 0 Å². The number of alkyl halides is 3. The highest BCUT2D eigenvalue weighted by Crippen LogP contribution is 2.42. The Kier molecular flexibility index (Phi) is 7.66. The van der Waals surface area contributed by atoms with E-state index in [0.29, 0.717) is 24.4 Å². The lowest BCUT2D eigenvalue weighted by Crippen LogP contribution is -2.63. The number of amides is 1. The van der Waals surface area contributed by atoms with Crippen molar-refractivity contribution in [3.8, 4) is 11.9 Å². The Labute approximate surface area is 218 Å². The maximum Gasteiger partial charge on any atom is 0.419 e. The lowest BCUT2D eigenvalue weighted by molar-refractivity contribution is -0.138. The van der Waals surface area contributed by atoms with Crippen molar-refractivity contribution < 1.29 is 22.7 Å². The third kappa shape index (κ3) is 5.38. The van der Waals surface area contributed by atoms with Crippen molar-refractivity contribution in [3.63, 3.8) is 0 Å². The lowest BCUT2D eigenvalue weighted by Gasteiger charge is -2.49. The molecular weight excluding hydrogens is 505 g/mol. The second kappa shape index (κ2) is 10.6. The van der Waals surface area contributed by atoms with E-state index in [1.165, 1.54) is 18.6 Å². The van der Waals surface area contributed by atoms with E-state index in [4.69, 9.17) is 22.2 Å². The molecule has 0 spiro atoms. The number of piperidine rings is 1. The predicted molar refractivity (Wildman–Crippen MR) is 135 cm³/mol. The fraction of sp³-hybridized carbons (Fsp3) is 0.480. The van der Waals surface area contributed by atoms with Gasteiger partial charge >= 0.3 is 6.18 Å². The summed E-state index contributed by atoms with van der Waals surface area (Å²) < 4.78 is 46.4. The minimum absolute atomic E-state index is 0.0630. The SMILES string of the molecule is CN1CCC(Oc2ccc(N(C=S)C3(C(=O)N(C)c4cnc(C#N)c(C(F)(F)F)c4)CCC3)cn2)CC1. The van der Waals surface area contributed by atoms with Gasteiger partial charge in [0.15, 0.2) is 5.69 Å². The standard InChI is InChI=1S/C25H27F3N6O2S/c1-32-10-6-19(7-11-32)36-22-5-4-17(14-31-22)34(16-37)24(8-3-9-24)23(35)33(2)18-12-20(25(26,27)28)21(13-29)30-15-18/h4-5,12,14-16,19H,3,6-11H2,1-2H3. The van der Waals surface area contributed by atoms with Crippen molar-refractivity contribution in [1.29, 1.82) is 5.26 Å². The zero-order valence-electron chi connectivity index (χ0n) is 20.5. The number of halogens is 3. The Bertz CT molecular complexity index is 1190. The number of nitrogens with zero attached hydrogens (tertiary/aromatic N) is 6. The molecule has 0 N–H and O–H groups in total. The van der Waals surface area contributed by atoms with Crippen molar-refractivity contribution in [2.75, 3.05) is 37.0 Å². The first-order valence-electron chi connectivity index (χ1n) is 11.9. The van der Waals surface area contributed by atoms with Gasteiger partial charge in [-0.2, -0.15) is 18.4 Å². The van der Waals surface area contributed by atoms with Gasteiger partial charge in [0.25, 0.3) is 5.91 Å². The van der Waals surface area contributed by atoms with E-state index in [1.807, 2.05) is 0 Å². The number of hydrogen-bond donors (Lipinski definition) is 0. The maximum absolute atomic E-state index is 13.7. The summed E-state index contributed by atoms with van der Waals surface area (Å²) in [4.78, 5) is 26.8. The first-order valence-corrected chi connectivity index (χ1v) is 12.4. The van der Waals surface area contributed by atoms with Gasteiger partial charge < -0.3 is 19.4 Å². The maximum atomic E-state index is 13.7. The number of nitriles is 1. The van der Waals surface area contributed by atoms with E-state index in [1.54, 1.807) is 23.2 Å². The predicted octanol–water partition coefficient (Wildman–Crippen LogP) is 4.19. The molecule has 1 saturated carbocycles. The van der Waals surface area contributed by atoms with Gasteiger partial charge in [-0.1, -0.05) is 12.2 Å². The summed E-state index contributed by atoms with van der Waals surface area (Å²) in [5, 5.41) is 9.02. The van der Waals surface area contributed by atoms with Crippen LogP contribution in [0, 0.1) is 11.3 Å². The van der Waals surface area contributed by atoms with E-state index in [0.717, 1.165) is 49.5 Å². The van der Waals surface area contributed by atoms with Crippen LogP contribution in [-0.2, 0) is 11.0 Å².